The van der Waals surface area contributed by atoms with Gasteiger partial charge in [0.1, 0.15) is 0 Å². The summed E-state index contributed by atoms with van der Waals surface area (Å²) in [6.45, 7) is 7.09. The third-order valence-electron chi connectivity index (χ3n) is 8.30. The maximum Gasteiger partial charge on any atom is 0.0231 e. The van der Waals surface area contributed by atoms with Crippen LogP contribution < -0.4 is 0 Å². The minimum absolute atomic E-state index is 0.171. The van der Waals surface area contributed by atoms with Crippen LogP contribution in [0.5, 0.6) is 0 Å². The predicted octanol–water partition coefficient (Wildman–Crippen LogP) is 9.58. The van der Waals surface area contributed by atoms with Gasteiger partial charge < -0.3 is 0 Å². The molecule has 1 unspecified atom stereocenters. The van der Waals surface area contributed by atoms with Crippen LogP contribution in [0.3, 0.4) is 0 Å². The first-order valence-corrected chi connectivity index (χ1v) is 13.3. The molecule has 0 nitrogen and oxygen atoms in total. The maximum atomic E-state index is 2.42. The van der Waals surface area contributed by atoms with E-state index in [1.54, 1.807) is 11.1 Å². The van der Waals surface area contributed by atoms with Gasteiger partial charge in [-0.2, -0.15) is 0 Å². The van der Waals surface area contributed by atoms with E-state index in [2.05, 4.69) is 81.4 Å². The Morgan fingerprint density at radius 3 is 1.87 bits per heavy atom. The maximum absolute atomic E-state index is 2.42. The van der Waals surface area contributed by atoms with E-state index in [0.29, 0.717) is 0 Å². The van der Waals surface area contributed by atoms with Crippen LogP contribution in [0.15, 0.2) is 60.7 Å². The van der Waals surface area contributed by atoms with Crippen molar-refractivity contribution in [3.63, 3.8) is 0 Å². The Morgan fingerprint density at radius 1 is 0.774 bits per heavy atom. The molecule has 0 amide bonds. The van der Waals surface area contributed by atoms with Crippen molar-refractivity contribution in [2.45, 2.75) is 103 Å². The topological polar surface area (TPSA) is 0 Å². The Hall–Kier alpha value is -1.56. The van der Waals surface area contributed by atoms with E-state index in [1.807, 2.05) is 0 Å². The molecule has 0 spiro atoms. The van der Waals surface area contributed by atoms with Crippen LogP contribution in [0, 0.1) is 17.8 Å². The smallest absolute Gasteiger partial charge is 0.0231 e. The molecule has 1 aliphatic carbocycles. The van der Waals surface area contributed by atoms with Crippen molar-refractivity contribution in [1.82, 2.24) is 0 Å². The van der Waals surface area contributed by atoms with Crippen molar-refractivity contribution >= 4 is 0 Å². The van der Waals surface area contributed by atoms with E-state index < -0.39 is 0 Å². The zero-order valence-corrected chi connectivity index (χ0v) is 20.5. The van der Waals surface area contributed by atoms with E-state index in [4.69, 9.17) is 0 Å². The van der Waals surface area contributed by atoms with Crippen molar-refractivity contribution in [3.05, 3.63) is 71.8 Å². The van der Waals surface area contributed by atoms with Gasteiger partial charge in [0.15, 0.2) is 0 Å². The summed E-state index contributed by atoms with van der Waals surface area (Å²) in [6, 6.07) is 23.1. The lowest BCUT2D eigenvalue weighted by atomic mass is 9.58. The van der Waals surface area contributed by atoms with Crippen LogP contribution in [0.4, 0.5) is 0 Å². The molecule has 0 heteroatoms. The van der Waals surface area contributed by atoms with Gasteiger partial charge in [-0.15, -0.1) is 0 Å². The Morgan fingerprint density at radius 2 is 1.35 bits per heavy atom. The summed E-state index contributed by atoms with van der Waals surface area (Å²) in [5.41, 5.74) is 3.28. The van der Waals surface area contributed by atoms with Gasteiger partial charge in [0, 0.05) is 5.41 Å². The number of unbranched alkanes of at least 4 members (excludes halogenated alkanes) is 2. The average Bonchev–Trinajstić information content (AvgIpc) is 2.83. The molecule has 0 saturated heterocycles. The van der Waals surface area contributed by atoms with E-state index in [1.165, 1.54) is 77.0 Å². The minimum atomic E-state index is 0.171. The van der Waals surface area contributed by atoms with Crippen molar-refractivity contribution < 1.29 is 0 Å². The van der Waals surface area contributed by atoms with Gasteiger partial charge in [-0.25, -0.2) is 0 Å². The first-order valence-electron chi connectivity index (χ1n) is 13.3. The fraction of sp³-hybridized carbons (Fsp3) is 0.613. The molecule has 1 saturated carbocycles. The number of rotatable bonds is 12. The molecule has 0 bridgehead atoms. The molecule has 3 rings (SSSR count). The minimum Gasteiger partial charge on any atom is -0.0654 e. The molecule has 170 valence electrons. The largest absolute Gasteiger partial charge is 0.0654 e. The molecule has 0 heterocycles. The van der Waals surface area contributed by atoms with Crippen LogP contribution >= 0.6 is 0 Å². The van der Waals surface area contributed by atoms with Gasteiger partial charge in [-0.1, -0.05) is 139 Å². The Bertz CT molecular complexity index is 669. The van der Waals surface area contributed by atoms with Crippen LogP contribution in [0.1, 0.15) is 109 Å². The first-order chi connectivity index (χ1) is 15.2. The van der Waals surface area contributed by atoms with Gasteiger partial charge in [0.25, 0.3) is 0 Å². The van der Waals surface area contributed by atoms with Crippen molar-refractivity contribution in [3.8, 4) is 0 Å². The molecule has 2 aromatic rings. The fourth-order valence-corrected chi connectivity index (χ4v) is 6.16. The van der Waals surface area contributed by atoms with Gasteiger partial charge in [0.2, 0.25) is 0 Å². The highest BCUT2D eigenvalue weighted by molar-refractivity contribution is 5.40. The molecular formula is C31H46. The SMILES string of the molecule is CCCCC[C@H]1CC[C@H](C(CCCC(C)CC)(c2ccccc2)c2ccccc2)CC1. The second kappa shape index (κ2) is 12.5. The second-order valence-electron chi connectivity index (χ2n) is 10.3. The van der Waals surface area contributed by atoms with Crippen LogP contribution in [-0.2, 0) is 5.41 Å². The van der Waals surface area contributed by atoms with Gasteiger partial charge in [-0.3, -0.25) is 0 Å². The molecule has 1 atom stereocenters. The third-order valence-corrected chi connectivity index (χ3v) is 8.30. The summed E-state index contributed by atoms with van der Waals surface area (Å²) in [6.07, 6.45) is 16.6. The van der Waals surface area contributed by atoms with Crippen LogP contribution in [-0.4, -0.2) is 0 Å². The lowest BCUT2D eigenvalue weighted by molar-refractivity contribution is 0.176. The average molecular weight is 419 g/mol. The van der Waals surface area contributed by atoms with Crippen LogP contribution in [0.2, 0.25) is 0 Å². The van der Waals surface area contributed by atoms with Crippen LogP contribution in [0.25, 0.3) is 0 Å². The van der Waals surface area contributed by atoms with Gasteiger partial charge in [0.05, 0.1) is 0 Å². The molecule has 2 aromatic carbocycles. The third kappa shape index (κ3) is 6.24. The number of hydrogen-bond acceptors (Lipinski definition) is 0. The van der Waals surface area contributed by atoms with E-state index in [0.717, 1.165) is 17.8 Å². The standard InChI is InChI=1S/C31H46/c1-4-6-9-16-27-21-23-30(24-22-27)31(25-14-15-26(3)5-2,28-17-10-7-11-18-28)29-19-12-8-13-20-29/h7-8,10-13,17-20,26-27,30H,4-6,9,14-16,21-25H2,1-3H3/t26?,27-,30-. The number of benzene rings is 2. The normalized spacial score (nSPS) is 20.5. The summed E-state index contributed by atoms with van der Waals surface area (Å²) in [5.74, 6) is 2.56. The van der Waals surface area contributed by atoms with Gasteiger partial charge >= 0.3 is 0 Å². The molecule has 1 fully saturated rings. The predicted molar refractivity (Wildman–Crippen MR) is 137 cm³/mol. The Balaban J connectivity index is 1.88. The quantitative estimate of drug-likeness (QED) is 0.301. The zero-order valence-electron chi connectivity index (χ0n) is 20.5. The first kappa shape index (κ1) is 24.1. The Kier molecular flexibility index (Phi) is 9.69. The van der Waals surface area contributed by atoms with Gasteiger partial charge in [-0.05, 0) is 48.1 Å². The molecular weight excluding hydrogens is 372 g/mol. The second-order valence-corrected chi connectivity index (χ2v) is 10.3. The molecule has 31 heavy (non-hydrogen) atoms. The molecule has 0 aromatic heterocycles. The van der Waals surface area contributed by atoms with E-state index in [-0.39, 0.29) is 5.41 Å². The highest BCUT2D eigenvalue weighted by Gasteiger charge is 2.42. The lowest BCUT2D eigenvalue weighted by Crippen LogP contribution is -2.39. The molecule has 0 aliphatic heterocycles. The summed E-state index contributed by atoms with van der Waals surface area (Å²) in [7, 11) is 0. The van der Waals surface area contributed by atoms with Crippen molar-refractivity contribution in [1.29, 1.82) is 0 Å². The summed E-state index contributed by atoms with van der Waals surface area (Å²) >= 11 is 0. The zero-order chi connectivity index (χ0) is 21.9. The molecule has 1 aliphatic rings. The van der Waals surface area contributed by atoms with E-state index >= 15 is 0 Å². The van der Waals surface area contributed by atoms with E-state index in [9.17, 15) is 0 Å². The Labute approximate surface area is 192 Å². The number of hydrogen-bond donors (Lipinski definition) is 0. The van der Waals surface area contributed by atoms with Crippen molar-refractivity contribution in [2.24, 2.45) is 17.8 Å². The molecule has 0 N–H and O–H groups in total. The highest BCUT2D eigenvalue weighted by Crippen LogP contribution is 2.50. The highest BCUT2D eigenvalue weighted by atomic mass is 14.5. The summed E-state index contributed by atoms with van der Waals surface area (Å²) in [5, 5.41) is 0. The summed E-state index contributed by atoms with van der Waals surface area (Å²) < 4.78 is 0. The van der Waals surface area contributed by atoms with Crippen molar-refractivity contribution in [2.75, 3.05) is 0 Å². The molecule has 0 radical (unpaired) electrons. The monoisotopic (exact) mass is 418 g/mol. The fourth-order valence-electron chi connectivity index (χ4n) is 6.16. The summed E-state index contributed by atoms with van der Waals surface area (Å²) in [4.78, 5) is 0. The lowest BCUT2D eigenvalue weighted by Gasteiger charge is -2.46.